The first-order valence-electron chi connectivity index (χ1n) is 7.20. The number of rotatable bonds is 11. The van der Waals surface area contributed by atoms with Crippen LogP contribution in [-0.2, 0) is 9.53 Å². The summed E-state index contributed by atoms with van der Waals surface area (Å²) < 4.78 is 4.81. The minimum absolute atomic E-state index is 0.309. The Balaban J connectivity index is 3.27. The van der Waals surface area contributed by atoms with Gasteiger partial charge in [0.05, 0.1) is 0 Å². The second kappa shape index (κ2) is 12.4. The van der Waals surface area contributed by atoms with Crippen LogP contribution in [-0.4, -0.2) is 5.97 Å². The summed E-state index contributed by atoms with van der Waals surface area (Å²) in [4.78, 5) is 10.6. The number of hydrogen-bond acceptors (Lipinski definition) is 2. The van der Waals surface area contributed by atoms with E-state index in [0.29, 0.717) is 5.76 Å². The molecule has 0 atom stereocenters. The molecule has 0 aliphatic carbocycles. The van der Waals surface area contributed by atoms with Crippen LogP contribution in [0.15, 0.2) is 24.5 Å². The topological polar surface area (TPSA) is 26.3 Å². The van der Waals surface area contributed by atoms with E-state index in [4.69, 9.17) is 4.74 Å². The smallest absolute Gasteiger partial charge is 0.308 e. The summed E-state index contributed by atoms with van der Waals surface area (Å²) in [6.07, 6.45) is 15.5. The van der Waals surface area contributed by atoms with Crippen molar-refractivity contribution >= 4 is 5.97 Å². The maximum absolute atomic E-state index is 10.6. The molecule has 0 aromatic heterocycles. The lowest BCUT2D eigenvalue weighted by Gasteiger charge is -2.00. The molecule has 0 heterocycles. The van der Waals surface area contributed by atoms with Gasteiger partial charge >= 0.3 is 5.97 Å². The number of hydrogen-bond donors (Lipinski definition) is 0. The quantitative estimate of drug-likeness (QED) is 0.220. The van der Waals surface area contributed by atoms with Gasteiger partial charge in [-0.15, -0.1) is 0 Å². The first kappa shape index (κ1) is 16.9. The van der Waals surface area contributed by atoms with Crippen LogP contribution in [0, 0.1) is 0 Å². The SMILES string of the molecule is C=C(/C=C/CCCCCCCCCC)OC(C)=O. The average molecular weight is 252 g/mol. The van der Waals surface area contributed by atoms with E-state index in [2.05, 4.69) is 13.5 Å². The Bertz CT molecular complexity index is 254. The van der Waals surface area contributed by atoms with Gasteiger partial charge in [0.25, 0.3) is 0 Å². The van der Waals surface area contributed by atoms with Gasteiger partial charge in [0, 0.05) is 6.92 Å². The van der Waals surface area contributed by atoms with Crippen LogP contribution in [0.2, 0.25) is 0 Å². The van der Waals surface area contributed by atoms with E-state index in [1.54, 1.807) is 6.08 Å². The van der Waals surface area contributed by atoms with Gasteiger partial charge in [-0.05, 0) is 18.9 Å². The summed E-state index contributed by atoms with van der Waals surface area (Å²) in [5.74, 6) is 0.124. The molecule has 0 spiro atoms. The molecule has 18 heavy (non-hydrogen) atoms. The number of esters is 1. The summed E-state index contributed by atoms with van der Waals surface area (Å²) in [6, 6.07) is 0. The van der Waals surface area contributed by atoms with Crippen LogP contribution in [0.1, 0.15) is 71.6 Å². The molecule has 2 heteroatoms. The van der Waals surface area contributed by atoms with Crippen molar-refractivity contribution in [1.82, 2.24) is 0 Å². The summed E-state index contributed by atoms with van der Waals surface area (Å²) in [6.45, 7) is 7.27. The predicted molar refractivity (Wildman–Crippen MR) is 77.3 cm³/mol. The van der Waals surface area contributed by atoms with Crippen molar-refractivity contribution in [2.24, 2.45) is 0 Å². The van der Waals surface area contributed by atoms with Crippen molar-refractivity contribution in [3.63, 3.8) is 0 Å². The van der Waals surface area contributed by atoms with Crippen molar-refractivity contribution in [2.45, 2.75) is 71.6 Å². The summed E-state index contributed by atoms with van der Waals surface area (Å²) in [5.41, 5.74) is 0. The van der Waals surface area contributed by atoms with Gasteiger partial charge in [-0.2, -0.15) is 0 Å². The third-order valence-electron chi connectivity index (χ3n) is 2.80. The molecule has 0 amide bonds. The van der Waals surface area contributed by atoms with Crippen LogP contribution >= 0.6 is 0 Å². The van der Waals surface area contributed by atoms with E-state index in [1.165, 1.54) is 58.3 Å². The summed E-state index contributed by atoms with van der Waals surface area (Å²) in [7, 11) is 0. The van der Waals surface area contributed by atoms with Gasteiger partial charge < -0.3 is 4.74 Å². The maximum atomic E-state index is 10.6. The Kier molecular flexibility index (Phi) is 11.7. The van der Waals surface area contributed by atoms with Gasteiger partial charge in [-0.3, -0.25) is 4.79 Å². The minimum atomic E-state index is -0.309. The van der Waals surface area contributed by atoms with E-state index in [9.17, 15) is 4.79 Å². The molecule has 0 fully saturated rings. The highest BCUT2D eigenvalue weighted by Gasteiger charge is 1.93. The first-order valence-corrected chi connectivity index (χ1v) is 7.20. The van der Waals surface area contributed by atoms with Crippen LogP contribution in [0.4, 0.5) is 0 Å². The lowest BCUT2D eigenvalue weighted by Crippen LogP contribution is -1.94. The fraction of sp³-hybridized carbons (Fsp3) is 0.688. The Labute approximate surface area is 112 Å². The van der Waals surface area contributed by atoms with Gasteiger partial charge in [-0.1, -0.05) is 64.5 Å². The first-order chi connectivity index (χ1) is 8.66. The van der Waals surface area contributed by atoms with Gasteiger partial charge in [-0.25, -0.2) is 0 Å². The third kappa shape index (κ3) is 13.0. The molecule has 0 aliphatic heterocycles. The predicted octanol–water partition coefficient (Wildman–Crippen LogP) is 5.15. The highest BCUT2D eigenvalue weighted by molar-refractivity contribution is 5.67. The molecule has 0 N–H and O–H groups in total. The molecule has 104 valence electrons. The molecule has 0 bridgehead atoms. The van der Waals surface area contributed by atoms with Crippen molar-refractivity contribution in [3.05, 3.63) is 24.5 Å². The molecule has 0 rings (SSSR count). The lowest BCUT2D eigenvalue weighted by molar-refractivity contribution is -0.136. The zero-order valence-corrected chi connectivity index (χ0v) is 12.0. The van der Waals surface area contributed by atoms with E-state index in [-0.39, 0.29) is 5.97 Å². The fourth-order valence-electron chi connectivity index (χ4n) is 1.83. The minimum Gasteiger partial charge on any atom is -0.427 e. The largest absolute Gasteiger partial charge is 0.427 e. The summed E-state index contributed by atoms with van der Waals surface area (Å²) in [5, 5.41) is 0. The molecule has 0 radical (unpaired) electrons. The fourth-order valence-corrected chi connectivity index (χ4v) is 1.83. The molecule has 0 saturated heterocycles. The number of ether oxygens (including phenoxy) is 1. The van der Waals surface area contributed by atoms with E-state index in [0.717, 1.165) is 6.42 Å². The van der Waals surface area contributed by atoms with Crippen LogP contribution in [0.5, 0.6) is 0 Å². The highest BCUT2D eigenvalue weighted by Crippen LogP contribution is 2.10. The molecule has 0 aliphatic rings. The van der Waals surface area contributed by atoms with Crippen LogP contribution < -0.4 is 0 Å². The number of carbonyl (C=O) groups excluding carboxylic acids is 1. The average Bonchev–Trinajstić information content (AvgIpc) is 2.30. The normalized spacial score (nSPS) is 10.8. The number of unbranched alkanes of at least 4 members (excludes halogenated alkanes) is 8. The Morgan fingerprint density at radius 1 is 1.06 bits per heavy atom. The molecule has 0 aromatic carbocycles. The zero-order chi connectivity index (χ0) is 13.6. The van der Waals surface area contributed by atoms with E-state index < -0.39 is 0 Å². The Morgan fingerprint density at radius 3 is 2.17 bits per heavy atom. The second-order valence-corrected chi connectivity index (χ2v) is 4.73. The van der Waals surface area contributed by atoms with Crippen LogP contribution in [0.25, 0.3) is 0 Å². The zero-order valence-electron chi connectivity index (χ0n) is 12.0. The number of carbonyl (C=O) groups is 1. The second-order valence-electron chi connectivity index (χ2n) is 4.73. The van der Waals surface area contributed by atoms with Crippen molar-refractivity contribution in [3.8, 4) is 0 Å². The number of allylic oxidation sites excluding steroid dienone is 2. The van der Waals surface area contributed by atoms with E-state index >= 15 is 0 Å². The van der Waals surface area contributed by atoms with Crippen molar-refractivity contribution < 1.29 is 9.53 Å². The molecular weight excluding hydrogens is 224 g/mol. The lowest BCUT2D eigenvalue weighted by atomic mass is 10.1. The van der Waals surface area contributed by atoms with Gasteiger partial charge in [0.2, 0.25) is 0 Å². The third-order valence-corrected chi connectivity index (χ3v) is 2.80. The monoisotopic (exact) mass is 252 g/mol. The van der Waals surface area contributed by atoms with Gasteiger partial charge in [0.1, 0.15) is 5.76 Å². The molecule has 2 nitrogen and oxygen atoms in total. The Morgan fingerprint density at radius 2 is 1.61 bits per heavy atom. The van der Waals surface area contributed by atoms with E-state index in [1.807, 2.05) is 6.08 Å². The molecular formula is C16H28O2. The maximum Gasteiger partial charge on any atom is 0.308 e. The van der Waals surface area contributed by atoms with Crippen molar-refractivity contribution in [2.75, 3.05) is 0 Å². The molecule has 0 unspecified atom stereocenters. The summed E-state index contributed by atoms with van der Waals surface area (Å²) >= 11 is 0. The standard InChI is InChI=1S/C16H28O2/c1-4-5-6-7-8-9-10-11-12-13-14-15(2)18-16(3)17/h13-14H,2,4-12H2,1,3H3/b14-13+. The van der Waals surface area contributed by atoms with Crippen LogP contribution in [0.3, 0.4) is 0 Å². The molecule has 0 aromatic rings. The van der Waals surface area contributed by atoms with Crippen molar-refractivity contribution in [1.29, 1.82) is 0 Å². The Hall–Kier alpha value is -1.05. The molecule has 0 saturated carbocycles. The van der Waals surface area contributed by atoms with Gasteiger partial charge in [0.15, 0.2) is 0 Å². The highest BCUT2D eigenvalue weighted by atomic mass is 16.5.